The molecule has 1 heterocycles. The van der Waals surface area contributed by atoms with Crippen LogP contribution < -0.4 is 15.2 Å². The molecule has 0 fully saturated rings. The van der Waals surface area contributed by atoms with Gasteiger partial charge in [0.1, 0.15) is 24.7 Å². The van der Waals surface area contributed by atoms with Gasteiger partial charge in [0.05, 0.1) is 4.91 Å². The van der Waals surface area contributed by atoms with E-state index >= 15 is 0 Å². The summed E-state index contributed by atoms with van der Waals surface area (Å²) in [4.78, 5) is 16.0. The second kappa shape index (κ2) is 8.10. The Morgan fingerprint density at radius 1 is 1.08 bits per heavy atom. The highest BCUT2D eigenvalue weighted by atomic mass is 32.2. The number of ether oxygens (including phenoxy) is 2. The Hall–Kier alpha value is -2.73. The number of amidine groups is 1. The van der Waals surface area contributed by atoms with Crippen LogP contribution >= 0.6 is 11.8 Å². The molecule has 2 N–H and O–H groups in total. The smallest absolute Gasteiger partial charge is 0.286 e. The van der Waals surface area contributed by atoms with Gasteiger partial charge >= 0.3 is 0 Å². The second-order valence-corrected chi connectivity index (χ2v) is 6.93. The van der Waals surface area contributed by atoms with E-state index in [2.05, 4.69) is 18.0 Å². The molecular weight excluding hydrogens is 348 g/mol. The van der Waals surface area contributed by atoms with Crippen LogP contribution in [-0.2, 0) is 4.79 Å². The van der Waals surface area contributed by atoms with Gasteiger partial charge in [0, 0.05) is 5.56 Å². The fourth-order valence-electron chi connectivity index (χ4n) is 2.56. The number of aliphatic imine (C=N–C) groups is 1. The molecule has 0 unspecified atom stereocenters. The number of thioether (sulfide) groups is 1. The highest BCUT2D eigenvalue weighted by Gasteiger charge is 2.20. The Morgan fingerprint density at radius 2 is 1.81 bits per heavy atom. The first kappa shape index (κ1) is 18.1. The fraction of sp³-hybridized carbons (Fsp3) is 0.200. The molecule has 1 amide bonds. The van der Waals surface area contributed by atoms with Crippen molar-refractivity contribution >= 4 is 28.9 Å². The summed E-state index contributed by atoms with van der Waals surface area (Å²) in [5.74, 6) is 1.22. The van der Waals surface area contributed by atoms with Gasteiger partial charge in [0.2, 0.25) is 0 Å². The minimum absolute atomic E-state index is 0.265. The van der Waals surface area contributed by atoms with Crippen molar-refractivity contribution in [1.29, 1.82) is 0 Å². The van der Waals surface area contributed by atoms with Crippen molar-refractivity contribution in [3.8, 4) is 11.5 Å². The third-order valence-electron chi connectivity index (χ3n) is 3.77. The number of carbonyl (C=O) groups is 1. The molecular formula is C20H20N2O3S. The van der Waals surface area contributed by atoms with E-state index in [1.807, 2.05) is 43.3 Å². The summed E-state index contributed by atoms with van der Waals surface area (Å²) in [6.45, 7) is 4.90. The molecule has 0 aromatic heterocycles. The van der Waals surface area contributed by atoms with E-state index in [4.69, 9.17) is 15.2 Å². The number of para-hydroxylation sites is 1. The monoisotopic (exact) mass is 368 g/mol. The molecule has 0 atom stereocenters. The quantitative estimate of drug-likeness (QED) is 0.622. The zero-order valence-corrected chi connectivity index (χ0v) is 15.5. The van der Waals surface area contributed by atoms with E-state index in [0.717, 1.165) is 28.6 Å². The summed E-state index contributed by atoms with van der Waals surface area (Å²) in [7, 11) is 0. The summed E-state index contributed by atoms with van der Waals surface area (Å²) in [5.41, 5.74) is 8.70. The molecule has 0 bridgehead atoms. The molecule has 1 aliphatic heterocycles. The Bertz CT molecular complexity index is 890. The molecule has 1 aliphatic rings. The van der Waals surface area contributed by atoms with E-state index in [1.165, 1.54) is 5.56 Å². The molecule has 0 saturated carbocycles. The van der Waals surface area contributed by atoms with Crippen LogP contribution in [0.15, 0.2) is 52.4 Å². The minimum Gasteiger partial charge on any atom is -0.490 e. The van der Waals surface area contributed by atoms with E-state index in [9.17, 15) is 4.79 Å². The number of aryl methyl sites for hydroxylation is 2. The Balaban J connectivity index is 1.61. The lowest BCUT2D eigenvalue weighted by atomic mass is 10.1. The van der Waals surface area contributed by atoms with Crippen molar-refractivity contribution in [1.82, 2.24) is 0 Å². The van der Waals surface area contributed by atoms with E-state index in [1.54, 1.807) is 6.08 Å². The number of hydrogen-bond acceptors (Lipinski definition) is 5. The second-order valence-electron chi connectivity index (χ2n) is 5.87. The van der Waals surface area contributed by atoms with Gasteiger partial charge in [-0.2, -0.15) is 4.99 Å². The average Bonchev–Trinajstić information content (AvgIpc) is 2.92. The highest BCUT2D eigenvalue weighted by molar-refractivity contribution is 8.18. The van der Waals surface area contributed by atoms with E-state index in [0.29, 0.717) is 23.9 Å². The Labute approximate surface area is 156 Å². The maximum atomic E-state index is 11.8. The van der Waals surface area contributed by atoms with Crippen molar-refractivity contribution in [3.05, 3.63) is 64.1 Å². The van der Waals surface area contributed by atoms with Gasteiger partial charge in [-0.3, -0.25) is 4.79 Å². The SMILES string of the molecule is Cc1ccc(OCCOc2ccccc2/C=C2/SC(N)=NC2=O)c(C)c1. The van der Waals surface area contributed by atoms with Crippen LogP contribution in [-0.4, -0.2) is 24.3 Å². The van der Waals surface area contributed by atoms with Crippen LogP contribution in [0.2, 0.25) is 0 Å². The first-order chi connectivity index (χ1) is 12.5. The molecule has 0 aliphatic carbocycles. The molecule has 0 spiro atoms. The maximum Gasteiger partial charge on any atom is 0.286 e. The van der Waals surface area contributed by atoms with E-state index < -0.39 is 0 Å². The molecule has 2 aromatic carbocycles. The molecule has 134 valence electrons. The molecule has 26 heavy (non-hydrogen) atoms. The summed E-state index contributed by atoms with van der Waals surface area (Å²) < 4.78 is 11.6. The third kappa shape index (κ3) is 4.46. The van der Waals surface area contributed by atoms with Crippen molar-refractivity contribution in [2.45, 2.75) is 13.8 Å². The summed E-state index contributed by atoms with van der Waals surface area (Å²) >= 11 is 1.16. The summed E-state index contributed by atoms with van der Waals surface area (Å²) in [5, 5.41) is 0.265. The molecule has 0 saturated heterocycles. The number of benzene rings is 2. The zero-order chi connectivity index (χ0) is 18.5. The normalized spacial score (nSPS) is 15.2. The lowest BCUT2D eigenvalue weighted by Crippen LogP contribution is -2.10. The number of hydrogen-bond donors (Lipinski definition) is 1. The van der Waals surface area contributed by atoms with Gasteiger partial charge in [0.15, 0.2) is 5.17 Å². The number of carbonyl (C=O) groups excluding carboxylic acids is 1. The number of nitrogens with two attached hydrogens (primary N) is 1. The molecule has 6 heteroatoms. The van der Waals surface area contributed by atoms with Crippen molar-refractivity contribution < 1.29 is 14.3 Å². The largest absolute Gasteiger partial charge is 0.490 e. The zero-order valence-electron chi connectivity index (χ0n) is 14.7. The minimum atomic E-state index is -0.319. The standard InChI is InChI=1S/C20H20N2O3S/c1-13-7-8-16(14(2)11-13)24-9-10-25-17-6-4-3-5-15(17)12-18-19(23)22-20(21)26-18/h3-8,11-12H,9-10H2,1-2H3,(H2,21,22,23)/b18-12+. The fourth-order valence-corrected chi connectivity index (χ4v) is 3.24. The maximum absolute atomic E-state index is 11.8. The van der Waals surface area contributed by atoms with Crippen LogP contribution in [0.3, 0.4) is 0 Å². The highest BCUT2D eigenvalue weighted by Crippen LogP contribution is 2.29. The Morgan fingerprint density at radius 3 is 2.50 bits per heavy atom. The van der Waals surface area contributed by atoms with Gasteiger partial charge < -0.3 is 15.2 Å². The van der Waals surface area contributed by atoms with Crippen molar-refractivity contribution in [3.63, 3.8) is 0 Å². The van der Waals surface area contributed by atoms with E-state index in [-0.39, 0.29) is 11.1 Å². The number of nitrogens with zero attached hydrogens (tertiary/aromatic N) is 1. The van der Waals surface area contributed by atoms with Crippen LogP contribution in [0, 0.1) is 13.8 Å². The molecule has 5 nitrogen and oxygen atoms in total. The first-order valence-corrected chi connectivity index (χ1v) is 9.04. The molecule has 0 radical (unpaired) electrons. The van der Waals surface area contributed by atoms with Crippen molar-refractivity contribution in [2.75, 3.05) is 13.2 Å². The molecule has 2 aromatic rings. The molecule has 3 rings (SSSR count). The van der Waals surface area contributed by atoms with Crippen LogP contribution in [0.1, 0.15) is 16.7 Å². The predicted molar refractivity (Wildman–Crippen MR) is 106 cm³/mol. The van der Waals surface area contributed by atoms with Gasteiger partial charge in [-0.25, -0.2) is 0 Å². The Kier molecular flexibility index (Phi) is 5.63. The van der Waals surface area contributed by atoms with Gasteiger partial charge in [-0.1, -0.05) is 35.9 Å². The van der Waals surface area contributed by atoms with Crippen LogP contribution in [0.25, 0.3) is 6.08 Å². The van der Waals surface area contributed by atoms with Gasteiger partial charge in [-0.05, 0) is 49.4 Å². The van der Waals surface area contributed by atoms with Gasteiger partial charge in [0.25, 0.3) is 5.91 Å². The number of rotatable bonds is 6. The lowest BCUT2D eigenvalue weighted by Gasteiger charge is -2.12. The average molecular weight is 368 g/mol. The summed E-state index contributed by atoms with van der Waals surface area (Å²) in [6.07, 6.45) is 1.75. The first-order valence-electron chi connectivity index (χ1n) is 8.23. The number of amides is 1. The van der Waals surface area contributed by atoms with Gasteiger partial charge in [-0.15, -0.1) is 0 Å². The van der Waals surface area contributed by atoms with Crippen molar-refractivity contribution in [2.24, 2.45) is 10.7 Å². The topological polar surface area (TPSA) is 73.9 Å². The van der Waals surface area contributed by atoms with Crippen LogP contribution in [0.4, 0.5) is 0 Å². The predicted octanol–water partition coefficient (Wildman–Crippen LogP) is 3.69. The van der Waals surface area contributed by atoms with Crippen LogP contribution in [0.5, 0.6) is 11.5 Å². The lowest BCUT2D eigenvalue weighted by molar-refractivity contribution is -0.113. The third-order valence-corrected chi connectivity index (χ3v) is 4.58. The summed E-state index contributed by atoms with van der Waals surface area (Å²) in [6, 6.07) is 13.6.